The molecule has 3 aromatic rings. The van der Waals surface area contributed by atoms with Crippen LogP contribution in [0.5, 0.6) is 5.75 Å². The topological polar surface area (TPSA) is 70.6 Å². The molecule has 4 rings (SSSR count). The number of nitrogens with zero attached hydrogens (tertiary/aromatic N) is 4. The Morgan fingerprint density at radius 3 is 2.39 bits per heavy atom. The van der Waals surface area contributed by atoms with Crippen LogP contribution in [0, 0.1) is 0 Å². The van der Waals surface area contributed by atoms with E-state index in [0.717, 1.165) is 43.3 Å². The van der Waals surface area contributed by atoms with Gasteiger partial charge in [0.25, 0.3) is 5.91 Å². The summed E-state index contributed by atoms with van der Waals surface area (Å²) in [5.41, 5.74) is 2.98. The van der Waals surface area contributed by atoms with Crippen LogP contribution in [0.15, 0.2) is 60.7 Å². The minimum atomic E-state index is -0.201. The lowest BCUT2D eigenvalue weighted by molar-refractivity contribution is 0.102. The van der Waals surface area contributed by atoms with Gasteiger partial charge < -0.3 is 19.9 Å². The number of likely N-dealkylation sites (N-methyl/N-ethyl adjacent to an activating group) is 1. The molecular formula is C24H27N5O2. The SMILES string of the molecule is CCOc1ccccc1C(=O)Nc1ccc(-c2ccc(N3CCN(C)CC3)nn2)cc1. The number of rotatable bonds is 6. The molecule has 0 bridgehead atoms. The van der Waals surface area contributed by atoms with E-state index in [4.69, 9.17) is 4.74 Å². The van der Waals surface area contributed by atoms with E-state index < -0.39 is 0 Å². The first-order chi connectivity index (χ1) is 15.1. The lowest BCUT2D eigenvalue weighted by Gasteiger charge is -2.32. The van der Waals surface area contributed by atoms with Crippen molar-refractivity contribution in [2.45, 2.75) is 6.92 Å². The first-order valence-corrected chi connectivity index (χ1v) is 10.5. The largest absolute Gasteiger partial charge is 0.493 e. The molecule has 160 valence electrons. The zero-order chi connectivity index (χ0) is 21.6. The number of hydrogen-bond acceptors (Lipinski definition) is 6. The first-order valence-electron chi connectivity index (χ1n) is 10.5. The van der Waals surface area contributed by atoms with E-state index in [-0.39, 0.29) is 5.91 Å². The molecule has 7 nitrogen and oxygen atoms in total. The maximum absolute atomic E-state index is 12.7. The second-order valence-corrected chi connectivity index (χ2v) is 7.53. The maximum Gasteiger partial charge on any atom is 0.259 e. The van der Waals surface area contributed by atoms with Crippen LogP contribution in [0.25, 0.3) is 11.3 Å². The zero-order valence-electron chi connectivity index (χ0n) is 17.9. The summed E-state index contributed by atoms with van der Waals surface area (Å²) in [5.74, 6) is 1.29. The summed E-state index contributed by atoms with van der Waals surface area (Å²) in [6.45, 7) is 6.40. The molecule has 1 amide bonds. The molecule has 0 atom stereocenters. The molecule has 2 aromatic carbocycles. The van der Waals surface area contributed by atoms with Gasteiger partial charge in [-0.25, -0.2) is 0 Å². The molecule has 0 radical (unpaired) electrons. The van der Waals surface area contributed by atoms with E-state index in [2.05, 4.69) is 32.4 Å². The third kappa shape index (κ3) is 5.00. The van der Waals surface area contributed by atoms with Crippen molar-refractivity contribution in [2.75, 3.05) is 50.1 Å². The second-order valence-electron chi connectivity index (χ2n) is 7.53. The van der Waals surface area contributed by atoms with Crippen LogP contribution in [0.2, 0.25) is 0 Å². The normalized spacial score (nSPS) is 14.3. The van der Waals surface area contributed by atoms with Gasteiger partial charge in [-0.05, 0) is 50.4 Å². The van der Waals surface area contributed by atoms with Gasteiger partial charge in [0.15, 0.2) is 5.82 Å². The van der Waals surface area contributed by atoms with E-state index in [0.29, 0.717) is 23.6 Å². The van der Waals surface area contributed by atoms with Gasteiger partial charge in [0.1, 0.15) is 5.75 Å². The van der Waals surface area contributed by atoms with Crippen molar-refractivity contribution in [3.63, 3.8) is 0 Å². The Kier molecular flexibility index (Phi) is 6.43. The summed E-state index contributed by atoms with van der Waals surface area (Å²) in [5, 5.41) is 11.7. The number of anilines is 2. The van der Waals surface area contributed by atoms with Crippen molar-refractivity contribution < 1.29 is 9.53 Å². The van der Waals surface area contributed by atoms with E-state index in [1.165, 1.54) is 0 Å². The fourth-order valence-electron chi connectivity index (χ4n) is 3.54. The summed E-state index contributed by atoms with van der Waals surface area (Å²) in [6.07, 6.45) is 0. The van der Waals surface area contributed by atoms with E-state index in [9.17, 15) is 4.79 Å². The van der Waals surface area contributed by atoms with Crippen LogP contribution >= 0.6 is 0 Å². The minimum absolute atomic E-state index is 0.201. The number of benzene rings is 2. The fourth-order valence-corrected chi connectivity index (χ4v) is 3.54. The summed E-state index contributed by atoms with van der Waals surface area (Å²) >= 11 is 0. The zero-order valence-corrected chi connectivity index (χ0v) is 17.9. The third-order valence-corrected chi connectivity index (χ3v) is 5.35. The van der Waals surface area contributed by atoms with Crippen molar-refractivity contribution in [3.8, 4) is 17.0 Å². The van der Waals surface area contributed by atoms with Gasteiger partial charge in [-0.15, -0.1) is 10.2 Å². The Hall–Kier alpha value is -3.45. The minimum Gasteiger partial charge on any atom is -0.493 e. The number of hydrogen-bond donors (Lipinski definition) is 1. The number of carbonyl (C=O) groups excluding carboxylic acids is 1. The number of carbonyl (C=O) groups is 1. The van der Waals surface area contributed by atoms with Crippen molar-refractivity contribution in [2.24, 2.45) is 0 Å². The van der Waals surface area contributed by atoms with Gasteiger partial charge in [-0.2, -0.15) is 0 Å². The highest BCUT2D eigenvalue weighted by Gasteiger charge is 2.16. The van der Waals surface area contributed by atoms with Gasteiger partial charge >= 0.3 is 0 Å². The predicted molar refractivity (Wildman–Crippen MR) is 123 cm³/mol. The molecule has 1 aliphatic rings. The summed E-state index contributed by atoms with van der Waals surface area (Å²) < 4.78 is 5.55. The van der Waals surface area contributed by atoms with E-state index in [1.54, 1.807) is 12.1 Å². The average Bonchev–Trinajstić information content (AvgIpc) is 2.81. The molecule has 31 heavy (non-hydrogen) atoms. The Bertz CT molecular complexity index is 1010. The molecule has 1 saturated heterocycles. The van der Waals surface area contributed by atoms with E-state index >= 15 is 0 Å². The standard InChI is InChI=1S/C24H27N5O2/c1-3-31-22-7-5-4-6-20(22)24(30)25-19-10-8-18(9-11-19)21-12-13-23(27-26-21)29-16-14-28(2)15-17-29/h4-13H,3,14-17H2,1-2H3,(H,25,30). The number of piperazine rings is 1. The van der Waals surface area contributed by atoms with E-state index in [1.807, 2.05) is 55.5 Å². The smallest absolute Gasteiger partial charge is 0.259 e. The van der Waals surface area contributed by atoms with Gasteiger partial charge in [0.2, 0.25) is 0 Å². The highest BCUT2D eigenvalue weighted by Crippen LogP contribution is 2.23. The molecule has 1 fully saturated rings. The van der Waals surface area contributed by atoms with Crippen molar-refractivity contribution in [1.29, 1.82) is 0 Å². The summed E-state index contributed by atoms with van der Waals surface area (Å²) in [4.78, 5) is 17.2. The van der Waals surface area contributed by atoms with Crippen LogP contribution < -0.4 is 15.0 Å². The highest BCUT2D eigenvalue weighted by molar-refractivity contribution is 6.06. The van der Waals surface area contributed by atoms with Crippen LogP contribution in [-0.2, 0) is 0 Å². The lowest BCUT2D eigenvalue weighted by Crippen LogP contribution is -2.44. The first kappa shape index (κ1) is 20.8. The third-order valence-electron chi connectivity index (χ3n) is 5.35. The van der Waals surface area contributed by atoms with Gasteiger partial charge in [0.05, 0.1) is 17.9 Å². The molecule has 2 heterocycles. The monoisotopic (exact) mass is 417 g/mol. The van der Waals surface area contributed by atoms with Crippen LogP contribution in [0.4, 0.5) is 11.5 Å². The van der Waals surface area contributed by atoms with Gasteiger partial charge in [-0.3, -0.25) is 4.79 Å². The number of ether oxygens (including phenoxy) is 1. The molecule has 0 unspecified atom stereocenters. The molecule has 0 saturated carbocycles. The Morgan fingerprint density at radius 2 is 1.71 bits per heavy atom. The molecule has 1 aromatic heterocycles. The average molecular weight is 418 g/mol. The maximum atomic E-state index is 12.7. The second kappa shape index (κ2) is 9.57. The summed E-state index contributed by atoms with van der Waals surface area (Å²) in [7, 11) is 2.13. The molecular weight excluding hydrogens is 390 g/mol. The molecule has 7 heteroatoms. The Morgan fingerprint density at radius 1 is 0.968 bits per heavy atom. The number of amides is 1. The Labute approximate surface area is 182 Å². The molecule has 1 aliphatic heterocycles. The van der Waals surface area contributed by atoms with Crippen molar-refractivity contribution in [1.82, 2.24) is 15.1 Å². The van der Waals surface area contributed by atoms with Gasteiger partial charge in [-0.1, -0.05) is 24.3 Å². The summed E-state index contributed by atoms with van der Waals surface area (Å²) in [6, 6.07) is 18.8. The van der Waals surface area contributed by atoms with Gasteiger partial charge in [0, 0.05) is 37.4 Å². The Balaban J connectivity index is 1.42. The number of nitrogens with one attached hydrogen (secondary N) is 1. The quantitative estimate of drug-likeness (QED) is 0.662. The predicted octanol–water partition coefficient (Wildman–Crippen LogP) is 3.55. The lowest BCUT2D eigenvalue weighted by atomic mass is 10.1. The van der Waals surface area contributed by atoms with Crippen molar-refractivity contribution >= 4 is 17.4 Å². The molecule has 0 spiro atoms. The van der Waals surface area contributed by atoms with Crippen LogP contribution in [-0.4, -0.2) is 60.8 Å². The van der Waals surface area contributed by atoms with Crippen molar-refractivity contribution in [3.05, 3.63) is 66.2 Å². The number of para-hydroxylation sites is 1. The highest BCUT2D eigenvalue weighted by atomic mass is 16.5. The van der Waals surface area contributed by atoms with Crippen LogP contribution in [0.1, 0.15) is 17.3 Å². The molecule has 0 aliphatic carbocycles. The van der Waals surface area contributed by atoms with Crippen LogP contribution in [0.3, 0.4) is 0 Å². The number of aromatic nitrogens is 2. The molecule has 1 N–H and O–H groups in total. The fraction of sp³-hybridized carbons (Fsp3) is 0.292.